The molecule has 2 fully saturated rings. The van der Waals surface area contributed by atoms with Gasteiger partial charge in [0.1, 0.15) is 30.0 Å². The summed E-state index contributed by atoms with van der Waals surface area (Å²) < 4.78 is 4.66. The van der Waals surface area contributed by atoms with Gasteiger partial charge in [-0.15, -0.1) is 0 Å². The van der Waals surface area contributed by atoms with Crippen LogP contribution in [-0.2, 0) is 4.74 Å². The third-order valence-electron chi connectivity index (χ3n) is 3.21. The molecule has 6 unspecified atom stereocenters. The van der Waals surface area contributed by atoms with Crippen molar-refractivity contribution in [3.8, 4) is 0 Å². The molecule has 0 amide bonds. The molecule has 15 heavy (non-hydrogen) atoms. The van der Waals surface area contributed by atoms with Crippen LogP contribution in [-0.4, -0.2) is 73.1 Å². The van der Waals surface area contributed by atoms with Crippen molar-refractivity contribution in [2.75, 3.05) is 6.61 Å². The van der Waals surface area contributed by atoms with Crippen molar-refractivity contribution in [2.24, 2.45) is 0 Å². The maximum atomic E-state index is 9.88. The van der Waals surface area contributed by atoms with E-state index >= 15 is 0 Å². The first-order valence-corrected chi connectivity index (χ1v) is 4.65. The summed E-state index contributed by atoms with van der Waals surface area (Å²) in [6, 6.07) is 0. The van der Waals surface area contributed by atoms with Crippen molar-refractivity contribution < 1.29 is 35.4 Å². The van der Waals surface area contributed by atoms with Crippen LogP contribution in [0.2, 0.25) is 0 Å². The molecule has 0 bridgehead atoms. The van der Waals surface area contributed by atoms with Crippen molar-refractivity contribution in [3.63, 3.8) is 0 Å². The molecule has 1 heterocycles. The van der Waals surface area contributed by atoms with Gasteiger partial charge in [-0.25, -0.2) is 0 Å². The molecule has 0 aromatic carbocycles. The predicted octanol–water partition coefficient (Wildman–Crippen LogP) is -3.72. The zero-order chi connectivity index (χ0) is 11.4. The Labute approximate surface area is 85.2 Å². The summed E-state index contributed by atoms with van der Waals surface area (Å²) in [7, 11) is 0. The van der Waals surface area contributed by atoms with Crippen LogP contribution in [0.4, 0.5) is 0 Å². The molecule has 6 N–H and O–H groups in total. The van der Waals surface area contributed by atoms with Gasteiger partial charge in [0.05, 0.1) is 0 Å². The molecule has 88 valence electrons. The Morgan fingerprint density at radius 1 is 1.00 bits per heavy atom. The normalized spacial score (nSPS) is 58.8. The Bertz CT molecular complexity index is 272. The zero-order valence-electron chi connectivity index (χ0n) is 7.82. The maximum absolute atomic E-state index is 9.88. The van der Waals surface area contributed by atoms with Crippen molar-refractivity contribution in [3.05, 3.63) is 0 Å². The molecular formula is C8H14O7. The van der Waals surface area contributed by atoms with Gasteiger partial charge >= 0.3 is 0 Å². The first-order valence-electron chi connectivity index (χ1n) is 4.65. The molecule has 7 nitrogen and oxygen atoms in total. The summed E-state index contributed by atoms with van der Waals surface area (Å²) in [5.41, 5.74) is -2.07. The number of epoxide rings is 1. The van der Waals surface area contributed by atoms with Crippen LogP contribution in [0.3, 0.4) is 0 Å². The highest BCUT2D eigenvalue weighted by molar-refractivity contribution is 5.18. The summed E-state index contributed by atoms with van der Waals surface area (Å²) in [4.78, 5) is 0. The summed E-state index contributed by atoms with van der Waals surface area (Å²) >= 11 is 0. The highest BCUT2D eigenvalue weighted by atomic mass is 16.8. The summed E-state index contributed by atoms with van der Waals surface area (Å²) in [6.45, 7) is -0.470. The quantitative estimate of drug-likeness (QED) is 0.265. The Balaban J connectivity index is 2.26. The second-order valence-corrected chi connectivity index (χ2v) is 4.09. The van der Waals surface area contributed by atoms with E-state index in [1.54, 1.807) is 0 Å². The fraction of sp³-hybridized carbons (Fsp3) is 1.00. The number of fused-ring (bicyclic) bond motifs is 1. The van der Waals surface area contributed by atoms with Crippen molar-refractivity contribution in [1.29, 1.82) is 0 Å². The number of hydrogen-bond donors (Lipinski definition) is 6. The van der Waals surface area contributed by atoms with Gasteiger partial charge in [-0.3, -0.25) is 0 Å². The van der Waals surface area contributed by atoms with Crippen LogP contribution in [0, 0.1) is 0 Å². The van der Waals surface area contributed by atoms with E-state index in [0.717, 1.165) is 0 Å². The van der Waals surface area contributed by atoms with E-state index in [0.29, 0.717) is 0 Å². The SMILES string of the molecule is OCCC1(O)C(O)C(O)C2(O)OC2C1O. The van der Waals surface area contributed by atoms with E-state index in [1.165, 1.54) is 0 Å². The molecule has 0 aromatic heterocycles. The topological polar surface area (TPSA) is 134 Å². The minimum Gasteiger partial charge on any atom is -0.396 e. The van der Waals surface area contributed by atoms with E-state index in [-0.39, 0.29) is 6.42 Å². The molecule has 0 spiro atoms. The highest BCUT2D eigenvalue weighted by Crippen LogP contribution is 2.50. The summed E-state index contributed by atoms with van der Waals surface area (Å²) in [5, 5.41) is 56.7. The molecule has 1 saturated carbocycles. The monoisotopic (exact) mass is 222 g/mol. The largest absolute Gasteiger partial charge is 0.396 e. The first-order chi connectivity index (χ1) is 6.88. The second kappa shape index (κ2) is 3.11. The maximum Gasteiger partial charge on any atom is 0.225 e. The summed E-state index contributed by atoms with van der Waals surface area (Å²) in [6.07, 6.45) is -6.48. The van der Waals surface area contributed by atoms with Gasteiger partial charge in [0, 0.05) is 13.0 Å². The number of ether oxygens (including phenoxy) is 1. The van der Waals surface area contributed by atoms with Gasteiger partial charge in [-0.05, 0) is 0 Å². The fourth-order valence-electron chi connectivity index (χ4n) is 2.11. The third kappa shape index (κ3) is 1.26. The lowest BCUT2D eigenvalue weighted by Crippen LogP contribution is -2.67. The Kier molecular flexibility index (Phi) is 2.32. The fourth-order valence-corrected chi connectivity index (χ4v) is 2.11. The molecule has 2 rings (SSSR count). The highest BCUT2D eigenvalue weighted by Gasteiger charge is 2.75. The van der Waals surface area contributed by atoms with Gasteiger partial charge in [0.15, 0.2) is 0 Å². The third-order valence-corrected chi connectivity index (χ3v) is 3.21. The number of rotatable bonds is 2. The number of hydrogen-bond acceptors (Lipinski definition) is 7. The van der Waals surface area contributed by atoms with Gasteiger partial charge in [-0.2, -0.15) is 0 Å². The average molecular weight is 222 g/mol. The molecule has 2 aliphatic rings. The van der Waals surface area contributed by atoms with E-state index in [2.05, 4.69) is 4.74 Å². The number of aliphatic hydroxyl groups is 6. The first kappa shape index (κ1) is 11.2. The molecule has 1 aliphatic heterocycles. The van der Waals surface area contributed by atoms with Crippen LogP contribution >= 0.6 is 0 Å². The lowest BCUT2D eigenvalue weighted by molar-refractivity contribution is -0.232. The molecule has 1 saturated heterocycles. The van der Waals surface area contributed by atoms with Crippen LogP contribution in [0.5, 0.6) is 0 Å². The predicted molar refractivity (Wildman–Crippen MR) is 44.5 cm³/mol. The van der Waals surface area contributed by atoms with Crippen LogP contribution in [0.1, 0.15) is 6.42 Å². The molecule has 1 aliphatic carbocycles. The Morgan fingerprint density at radius 2 is 1.60 bits per heavy atom. The van der Waals surface area contributed by atoms with E-state index in [9.17, 15) is 25.5 Å². The van der Waals surface area contributed by atoms with Gasteiger partial charge < -0.3 is 35.4 Å². The van der Waals surface area contributed by atoms with Crippen LogP contribution in [0.25, 0.3) is 0 Å². The standard InChI is InChI=1S/C8H14O7/c9-2-1-7(13)3(10)4(11)8(14)6(15-8)5(7)12/h3-6,9-14H,1-2H2. The molecule has 0 aromatic rings. The molecule has 0 radical (unpaired) electrons. The summed E-state index contributed by atoms with van der Waals surface area (Å²) in [5.74, 6) is -1.99. The van der Waals surface area contributed by atoms with Crippen LogP contribution < -0.4 is 0 Å². The minimum absolute atomic E-state index is 0.317. The lowest BCUT2D eigenvalue weighted by atomic mass is 9.75. The molecule has 6 atom stereocenters. The van der Waals surface area contributed by atoms with Gasteiger partial charge in [0.25, 0.3) is 0 Å². The van der Waals surface area contributed by atoms with Gasteiger partial charge in [0.2, 0.25) is 5.79 Å². The van der Waals surface area contributed by atoms with Gasteiger partial charge in [-0.1, -0.05) is 0 Å². The van der Waals surface area contributed by atoms with Crippen molar-refractivity contribution in [1.82, 2.24) is 0 Å². The molecular weight excluding hydrogens is 208 g/mol. The van der Waals surface area contributed by atoms with E-state index in [4.69, 9.17) is 5.11 Å². The van der Waals surface area contributed by atoms with E-state index < -0.39 is 42.4 Å². The molecule has 7 heteroatoms. The van der Waals surface area contributed by atoms with Crippen molar-refractivity contribution >= 4 is 0 Å². The van der Waals surface area contributed by atoms with E-state index in [1.807, 2.05) is 0 Å². The zero-order valence-corrected chi connectivity index (χ0v) is 7.82. The Morgan fingerprint density at radius 3 is 2.13 bits per heavy atom. The lowest BCUT2D eigenvalue weighted by Gasteiger charge is -2.42. The van der Waals surface area contributed by atoms with Crippen molar-refractivity contribution in [2.45, 2.75) is 42.2 Å². The minimum atomic E-state index is -2.07. The second-order valence-electron chi connectivity index (χ2n) is 4.09. The van der Waals surface area contributed by atoms with Crippen LogP contribution in [0.15, 0.2) is 0 Å². The average Bonchev–Trinajstić information content (AvgIpc) is 2.88. The Hall–Kier alpha value is -0.280. The smallest absolute Gasteiger partial charge is 0.225 e. The number of aliphatic hydroxyl groups excluding tert-OH is 4.